The fourth-order valence-corrected chi connectivity index (χ4v) is 8.83. The Bertz CT molecular complexity index is 1140. The summed E-state index contributed by atoms with van der Waals surface area (Å²) in [6, 6.07) is 6.60. The van der Waals surface area contributed by atoms with E-state index >= 15 is 0 Å². The maximum absolute atomic E-state index is 13.6. The molecule has 0 amide bonds. The Labute approximate surface area is 193 Å². The Morgan fingerprint density at radius 1 is 1.16 bits per heavy atom. The second-order valence-corrected chi connectivity index (χ2v) is 11.6. The zero-order valence-electron chi connectivity index (χ0n) is 18.8. The highest BCUT2D eigenvalue weighted by Gasteiger charge is 2.58. The van der Waals surface area contributed by atoms with Crippen LogP contribution in [0.15, 0.2) is 35.4 Å². The molecule has 0 unspecified atom stereocenters. The summed E-state index contributed by atoms with van der Waals surface area (Å²) in [4.78, 5) is 6.25. The van der Waals surface area contributed by atoms with Gasteiger partial charge >= 0.3 is 0 Å². The van der Waals surface area contributed by atoms with E-state index in [0.717, 1.165) is 42.4 Å². The summed E-state index contributed by atoms with van der Waals surface area (Å²) in [6.45, 7) is 4.92. The lowest BCUT2D eigenvalue weighted by Gasteiger charge is -2.56. The molecular formula is C26H31FN4S. The lowest BCUT2D eigenvalue weighted by Crippen LogP contribution is -2.49. The summed E-state index contributed by atoms with van der Waals surface area (Å²) in [7, 11) is 0. The van der Waals surface area contributed by atoms with E-state index in [4.69, 9.17) is 10.8 Å². The zero-order chi connectivity index (χ0) is 22.1. The van der Waals surface area contributed by atoms with Crippen molar-refractivity contribution >= 4 is 33.4 Å². The van der Waals surface area contributed by atoms with Crippen molar-refractivity contribution in [3.05, 3.63) is 46.7 Å². The van der Waals surface area contributed by atoms with E-state index < -0.39 is 0 Å². The average Bonchev–Trinajstić information content (AvgIpc) is 3.33. The number of nitrogens with zero attached hydrogens (tertiary/aromatic N) is 2. The maximum Gasteiger partial charge on any atom is 0.187 e. The molecular weight excluding hydrogens is 419 g/mol. The van der Waals surface area contributed by atoms with Crippen LogP contribution in [0.1, 0.15) is 62.9 Å². The van der Waals surface area contributed by atoms with Gasteiger partial charge in [0.2, 0.25) is 0 Å². The van der Waals surface area contributed by atoms with E-state index in [1.165, 1.54) is 53.3 Å². The number of rotatable bonds is 2. The van der Waals surface area contributed by atoms with E-state index in [1.807, 2.05) is 6.07 Å². The molecule has 4 nitrogen and oxygen atoms in total. The highest BCUT2D eigenvalue weighted by Crippen LogP contribution is 2.65. The van der Waals surface area contributed by atoms with Crippen LogP contribution in [-0.2, 0) is 6.42 Å². The number of thiazole rings is 1. The Balaban J connectivity index is 1.33. The maximum atomic E-state index is 13.6. The first-order valence-electron chi connectivity index (χ1n) is 11.9. The first-order chi connectivity index (χ1) is 15.4. The van der Waals surface area contributed by atoms with Crippen molar-refractivity contribution < 1.29 is 4.39 Å². The van der Waals surface area contributed by atoms with Gasteiger partial charge in [-0.15, -0.1) is 0 Å². The molecule has 4 aliphatic carbocycles. The quantitative estimate of drug-likeness (QED) is 0.404. The average molecular weight is 451 g/mol. The van der Waals surface area contributed by atoms with Crippen molar-refractivity contribution in [2.24, 2.45) is 39.5 Å². The molecule has 168 valence electrons. The molecule has 1 heterocycles. The number of hydrogen-bond acceptors (Lipinski definition) is 5. The molecule has 0 bridgehead atoms. The van der Waals surface area contributed by atoms with Crippen LogP contribution in [0, 0.1) is 34.4 Å². The van der Waals surface area contributed by atoms with Crippen LogP contribution in [0.25, 0.3) is 5.57 Å². The van der Waals surface area contributed by atoms with Crippen molar-refractivity contribution in [2.75, 3.05) is 5.32 Å². The number of nitrogens with two attached hydrogens (primary N) is 1. The van der Waals surface area contributed by atoms with E-state index in [9.17, 15) is 4.39 Å². The van der Waals surface area contributed by atoms with Gasteiger partial charge in [-0.2, -0.15) is 5.10 Å². The SMILES string of the molecule is C[C@]12CCc3nc(Nc4cccc(F)c4)sc3C1=CC[C@@H]1[C@@H]2CC[C@]2(C)/C(=N/N)CC[C@@H]12. The van der Waals surface area contributed by atoms with Gasteiger partial charge in [0.15, 0.2) is 5.13 Å². The lowest BCUT2D eigenvalue weighted by atomic mass is 9.48. The van der Waals surface area contributed by atoms with E-state index in [1.54, 1.807) is 17.4 Å². The number of allylic oxidation sites excluding steroid dienone is 2. The molecule has 5 atom stereocenters. The third-order valence-corrected chi connectivity index (χ3v) is 10.3. The van der Waals surface area contributed by atoms with Gasteiger partial charge in [-0.05, 0) is 91.9 Å². The van der Waals surface area contributed by atoms with Gasteiger partial charge in [0.05, 0.1) is 10.6 Å². The predicted octanol–water partition coefficient (Wildman–Crippen LogP) is 6.52. The predicted molar refractivity (Wildman–Crippen MR) is 129 cm³/mol. The minimum absolute atomic E-state index is 0.198. The first-order valence-corrected chi connectivity index (χ1v) is 12.7. The van der Waals surface area contributed by atoms with Gasteiger partial charge in [0, 0.05) is 16.8 Å². The van der Waals surface area contributed by atoms with E-state index in [-0.39, 0.29) is 16.6 Å². The summed E-state index contributed by atoms with van der Waals surface area (Å²) in [6.07, 6.45) is 10.6. The number of benzene rings is 1. The largest absolute Gasteiger partial charge is 0.331 e. The summed E-state index contributed by atoms with van der Waals surface area (Å²) in [5, 5.41) is 8.41. The van der Waals surface area contributed by atoms with Crippen LogP contribution >= 0.6 is 11.3 Å². The van der Waals surface area contributed by atoms with Crippen LogP contribution in [0.5, 0.6) is 0 Å². The molecule has 3 N–H and O–H groups in total. The number of aromatic nitrogens is 1. The molecule has 2 aromatic rings. The minimum atomic E-state index is -0.232. The fourth-order valence-electron chi connectivity index (χ4n) is 7.62. The van der Waals surface area contributed by atoms with Gasteiger partial charge in [-0.25, -0.2) is 9.37 Å². The van der Waals surface area contributed by atoms with Crippen LogP contribution in [-0.4, -0.2) is 10.7 Å². The Morgan fingerprint density at radius 2 is 2.00 bits per heavy atom. The van der Waals surface area contributed by atoms with E-state index in [2.05, 4.69) is 30.3 Å². The lowest BCUT2D eigenvalue weighted by molar-refractivity contribution is 0.0117. The number of fused-ring (bicyclic) bond motifs is 7. The van der Waals surface area contributed by atoms with Crippen LogP contribution in [0.4, 0.5) is 15.2 Å². The van der Waals surface area contributed by atoms with Crippen molar-refractivity contribution in [1.29, 1.82) is 0 Å². The number of nitrogens with one attached hydrogen (secondary N) is 1. The van der Waals surface area contributed by atoms with Crippen LogP contribution < -0.4 is 11.2 Å². The number of hydrogen-bond donors (Lipinski definition) is 2. The zero-order valence-corrected chi connectivity index (χ0v) is 19.6. The summed E-state index contributed by atoms with van der Waals surface area (Å²) in [5.41, 5.74) is 5.13. The Morgan fingerprint density at radius 3 is 2.81 bits per heavy atom. The monoisotopic (exact) mass is 450 g/mol. The van der Waals surface area contributed by atoms with Crippen molar-refractivity contribution in [2.45, 2.75) is 58.8 Å². The van der Waals surface area contributed by atoms with Gasteiger partial charge < -0.3 is 11.2 Å². The highest BCUT2D eigenvalue weighted by molar-refractivity contribution is 7.16. The molecule has 2 saturated carbocycles. The molecule has 6 rings (SSSR count). The van der Waals surface area contributed by atoms with Crippen LogP contribution in [0.3, 0.4) is 0 Å². The molecule has 1 aromatic carbocycles. The van der Waals surface area contributed by atoms with Crippen molar-refractivity contribution in [1.82, 2.24) is 4.98 Å². The number of aryl methyl sites for hydroxylation is 1. The first kappa shape index (κ1) is 20.4. The number of hydrazone groups is 1. The number of halogens is 1. The molecule has 0 spiro atoms. The van der Waals surface area contributed by atoms with Crippen molar-refractivity contribution in [3.63, 3.8) is 0 Å². The Kier molecular flexibility index (Phi) is 4.55. The summed E-state index contributed by atoms with van der Waals surface area (Å²) in [5.74, 6) is 7.70. The normalized spacial score (nSPS) is 36.7. The molecule has 0 radical (unpaired) electrons. The topological polar surface area (TPSA) is 63.3 Å². The summed E-state index contributed by atoms with van der Waals surface area (Å²) >= 11 is 1.73. The molecule has 0 saturated heterocycles. The van der Waals surface area contributed by atoms with Gasteiger partial charge in [-0.3, -0.25) is 0 Å². The highest BCUT2D eigenvalue weighted by atomic mass is 32.1. The molecule has 2 fully saturated rings. The molecule has 4 aliphatic rings. The van der Waals surface area contributed by atoms with E-state index in [0.29, 0.717) is 11.8 Å². The molecule has 32 heavy (non-hydrogen) atoms. The number of anilines is 2. The second-order valence-electron chi connectivity index (χ2n) is 10.6. The minimum Gasteiger partial charge on any atom is -0.331 e. The third-order valence-electron chi connectivity index (χ3n) is 9.26. The Hall–Kier alpha value is -2.21. The molecule has 1 aromatic heterocycles. The van der Waals surface area contributed by atoms with Gasteiger partial charge in [-0.1, -0.05) is 37.3 Å². The fraction of sp³-hybridized carbons (Fsp3) is 0.538. The van der Waals surface area contributed by atoms with Gasteiger partial charge in [0.1, 0.15) is 5.82 Å². The van der Waals surface area contributed by atoms with Crippen LogP contribution in [0.2, 0.25) is 0 Å². The molecule has 6 heteroatoms. The van der Waals surface area contributed by atoms with Gasteiger partial charge in [0.25, 0.3) is 0 Å². The smallest absolute Gasteiger partial charge is 0.187 e. The molecule has 0 aliphatic heterocycles. The second kappa shape index (κ2) is 7.14. The summed E-state index contributed by atoms with van der Waals surface area (Å²) < 4.78 is 13.6. The van der Waals surface area contributed by atoms with Crippen molar-refractivity contribution in [3.8, 4) is 0 Å². The third kappa shape index (κ3) is 2.84. The standard InChI is InChI=1S/C26H31FN4S/c1-25-13-11-21-23(32-24(30-21)29-16-5-3-4-15(27)14-16)20(25)7-6-17-18-8-9-22(31-28)26(18,2)12-10-19(17)25/h3-5,7,14,17-19H,6,8-13,28H2,1-2H3,(H,29,30)/b31-22+/t17-,18-,19-,25+,26-/m0/s1.